The smallest absolute Gasteiger partial charge is 0.220 e. The van der Waals surface area contributed by atoms with Crippen molar-refractivity contribution in [3.8, 4) is 10.6 Å². The van der Waals surface area contributed by atoms with Crippen LogP contribution in [0.1, 0.15) is 33.0 Å². The number of furan rings is 1. The third-order valence-corrected chi connectivity index (χ3v) is 3.46. The van der Waals surface area contributed by atoms with Crippen LogP contribution in [0.5, 0.6) is 0 Å². The van der Waals surface area contributed by atoms with Gasteiger partial charge in [0.2, 0.25) is 5.91 Å². The number of thiophene rings is 1. The summed E-state index contributed by atoms with van der Waals surface area (Å²) < 4.78 is 5.70. The van der Waals surface area contributed by atoms with Crippen molar-refractivity contribution in [2.24, 2.45) is 5.41 Å². The maximum Gasteiger partial charge on any atom is 0.220 e. The van der Waals surface area contributed by atoms with Crippen molar-refractivity contribution in [3.63, 3.8) is 0 Å². The molecular formula is C15H19NO2S. The Bertz CT molecular complexity index is 535. The molecule has 0 aromatic carbocycles. The largest absolute Gasteiger partial charge is 0.458 e. The first-order valence-electron chi connectivity index (χ1n) is 6.33. The van der Waals surface area contributed by atoms with Gasteiger partial charge in [-0.2, -0.15) is 0 Å². The molecule has 0 aliphatic rings. The average molecular weight is 277 g/mol. The molecule has 0 aliphatic heterocycles. The minimum absolute atomic E-state index is 0.00930. The lowest BCUT2D eigenvalue weighted by atomic mass is 9.92. The van der Waals surface area contributed by atoms with E-state index in [2.05, 4.69) is 5.32 Å². The van der Waals surface area contributed by atoms with Gasteiger partial charge in [-0.15, -0.1) is 11.3 Å². The van der Waals surface area contributed by atoms with E-state index in [4.69, 9.17) is 4.42 Å². The van der Waals surface area contributed by atoms with Crippen molar-refractivity contribution in [2.75, 3.05) is 0 Å². The first-order chi connectivity index (χ1) is 8.94. The van der Waals surface area contributed by atoms with Gasteiger partial charge in [0.25, 0.3) is 0 Å². The molecule has 2 aromatic rings. The van der Waals surface area contributed by atoms with Crippen molar-refractivity contribution in [1.29, 1.82) is 0 Å². The predicted octanol–water partition coefficient (Wildman–Crippen LogP) is 4.06. The zero-order chi connectivity index (χ0) is 13.9. The van der Waals surface area contributed by atoms with E-state index in [9.17, 15) is 4.79 Å². The Morgan fingerprint density at radius 1 is 1.32 bits per heavy atom. The van der Waals surface area contributed by atoms with Crippen LogP contribution >= 0.6 is 11.3 Å². The molecular weight excluding hydrogens is 258 g/mol. The van der Waals surface area contributed by atoms with Crippen molar-refractivity contribution >= 4 is 17.2 Å². The minimum Gasteiger partial charge on any atom is -0.458 e. The van der Waals surface area contributed by atoms with Crippen LogP contribution in [0.3, 0.4) is 0 Å². The van der Waals surface area contributed by atoms with Crippen LogP contribution in [0.4, 0.5) is 0 Å². The highest BCUT2D eigenvalue weighted by atomic mass is 32.1. The normalized spacial score (nSPS) is 11.5. The summed E-state index contributed by atoms with van der Waals surface area (Å²) >= 11 is 1.64. The molecule has 3 nitrogen and oxygen atoms in total. The molecule has 102 valence electrons. The first kappa shape index (κ1) is 13.9. The standard InChI is InChI=1S/C15H19NO2S/c1-15(2,3)9-14(17)16-10-11-6-7-12(18-11)13-5-4-8-19-13/h4-8H,9-10H2,1-3H3,(H,16,17). The molecule has 0 atom stereocenters. The Morgan fingerprint density at radius 2 is 2.11 bits per heavy atom. The van der Waals surface area contributed by atoms with Crippen LogP contribution in [0, 0.1) is 5.41 Å². The van der Waals surface area contributed by atoms with Crippen molar-refractivity contribution in [2.45, 2.75) is 33.7 Å². The van der Waals surface area contributed by atoms with E-state index in [0.29, 0.717) is 13.0 Å². The lowest BCUT2D eigenvalue weighted by Crippen LogP contribution is -2.26. The second-order valence-electron chi connectivity index (χ2n) is 5.76. The molecule has 0 bridgehead atoms. The fraction of sp³-hybridized carbons (Fsp3) is 0.400. The van der Waals surface area contributed by atoms with Gasteiger partial charge in [-0.25, -0.2) is 0 Å². The molecule has 2 heterocycles. The van der Waals surface area contributed by atoms with Crippen LogP contribution in [0.25, 0.3) is 10.6 Å². The number of carbonyl (C=O) groups excluding carboxylic acids is 1. The molecule has 1 N–H and O–H groups in total. The predicted molar refractivity (Wildman–Crippen MR) is 77.9 cm³/mol. The van der Waals surface area contributed by atoms with Crippen LogP contribution in [0.2, 0.25) is 0 Å². The van der Waals surface area contributed by atoms with Crippen LogP contribution < -0.4 is 5.32 Å². The zero-order valence-corrected chi connectivity index (χ0v) is 12.3. The molecule has 0 saturated carbocycles. The Morgan fingerprint density at radius 3 is 2.74 bits per heavy atom. The number of nitrogens with one attached hydrogen (secondary N) is 1. The summed E-state index contributed by atoms with van der Waals surface area (Å²) in [7, 11) is 0. The second-order valence-corrected chi connectivity index (χ2v) is 6.71. The molecule has 1 amide bonds. The maximum absolute atomic E-state index is 11.7. The Labute approximate surface area is 117 Å². The van der Waals surface area contributed by atoms with Crippen LogP contribution in [0.15, 0.2) is 34.1 Å². The van der Waals surface area contributed by atoms with Gasteiger partial charge in [-0.3, -0.25) is 4.79 Å². The molecule has 0 saturated heterocycles. The zero-order valence-electron chi connectivity index (χ0n) is 11.5. The summed E-state index contributed by atoms with van der Waals surface area (Å²) in [6, 6.07) is 7.86. The van der Waals surface area contributed by atoms with Crippen LogP contribution in [-0.2, 0) is 11.3 Å². The fourth-order valence-electron chi connectivity index (χ4n) is 1.75. The van der Waals surface area contributed by atoms with Crippen molar-refractivity contribution < 1.29 is 9.21 Å². The van der Waals surface area contributed by atoms with Gasteiger partial charge in [0.05, 0.1) is 11.4 Å². The molecule has 0 fully saturated rings. The van der Waals surface area contributed by atoms with Gasteiger partial charge in [0, 0.05) is 6.42 Å². The van der Waals surface area contributed by atoms with E-state index in [1.54, 1.807) is 11.3 Å². The van der Waals surface area contributed by atoms with Gasteiger partial charge >= 0.3 is 0 Å². The molecule has 0 aliphatic carbocycles. The Hall–Kier alpha value is -1.55. The molecule has 2 rings (SSSR count). The maximum atomic E-state index is 11.7. The number of hydrogen-bond acceptors (Lipinski definition) is 3. The van der Waals surface area contributed by atoms with E-state index in [1.807, 2.05) is 50.4 Å². The van der Waals surface area contributed by atoms with Crippen molar-refractivity contribution in [1.82, 2.24) is 5.32 Å². The molecule has 2 aromatic heterocycles. The minimum atomic E-state index is 0.00930. The summed E-state index contributed by atoms with van der Waals surface area (Å²) in [6.07, 6.45) is 0.519. The SMILES string of the molecule is CC(C)(C)CC(=O)NCc1ccc(-c2cccs2)o1. The summed E-state index contributed by atoms with van der Waals surface area (Å²) in [6.45, 7) is 6.59. The first-order valence-corrected chi connectivity index (χ1v) is 7.21. The van der Waals surface area contributed by atoms with Gasteiger partial charge in [-0.05, 0) is 29.0 Å². The van der Waals surface area contributed by atoms with Crippen LogP contribution in [-0.4, -0.2) is 5.91 Å². The average Bonchev–Trinajstić information content (AvgIpc) is 2.95. The number of amides is 1. The quantitative estimate of drug-likeness (QED) is 0.915. The fourth-order valence-corrected chi connectivity index (χ4v) is 2.44. The van der Waals surface area contributed by atoms with E-state index in [0.717, 1.165) is 16.4 Å². The van der Waals surface area contributed by atoms with E-state index >= 15 is 0 Å². The highest BCUT2D eigenvalue weighted by Crippen LogP contribution is 2.26. The summed E-state index contributed by atoms with van der Waals surface area (Å²) in [4.78, 5) is 12.8. The number of hydrogen-bond donors (Lipinski definition) is 1. The van der Waals surface area contributed by atoms with Gasteiger partial charge in [0.1, 0.15) is 11.5 Å². The molecule has 0 radical (unpaired) electrons. The number of carbonyl (C=O) groups is 1. The topological polar surface area (TPSA) is 42.2 Å². The lowest BCUT2D eigenvalue weighted by molar-refractivity contribution is -0.123. The highest BCUT2D eigenvalue weighted by molar-refractivity contribution is 7.13. The summed E-state index contributed by atoms with van der Waals surface area (Å²) in [5.41, 5.74) is 0.00930. The van der Waals surface area contributed by atoms with E-state index in [-0.39, 0.29) is 11.3 Å². The molecule has 0 unspecified atom stereocenters. The van der Waals surface area contributed by atoms with Crippen molar-refractivity contribution in [3.05, 3.63) is 35.4 Å². The van der Waals surface area contributed by atoms with E-state index < -0.39 is 0 Å². The Kier molecular flexibility index (Phi) is 4.10. The molecule has 0 spiro atoms. The third-order valence-electron chi connectivity index (χ3n) is 2.58. The molecule has 4 heteroatoms. The van der Waals surface area contributed by atoms with Gasteiger partial charge in [0.15, 0.2) is 0 Å². The lowest BCUT2D eigenvalue weighted by Gasteiger charge is -2.16. The van der Waals surface area contributed by atoms with E-state index in [1.165, 1.54) is 0 Å². The molecule has 19 heavy (non-hydrogen) atoms. The number of rotatable bonds is 4. The monoisotopic (exact) mass is 277 g/mol. The highest BCUT2D eigenvalue weighted by Gasteiger charge is 2.16. The van der Waals surface area contributed by atoms with Gasteiger partial charge < -0.3 is 9.73 Å². The van der Waals surface area contributed by atoms with Gasteiger partial charge in [-0.1, -0.05) is 26.8 Å². The third kappa shape index (κ3) is 4.24. The summed E-state index contributed by atoms with van der Waals surface area (Å²) in [5, 5.41) is 4.90. The second kappa shape index (κ2) is 5.61. The summed E-state index contributed by atoms with van der Waals surface area (Å²) in [5.74, 6) is 1.70. The Balaban J connectivity index is 1.89.